The number of hydrogen-bond acceptors (Lipinski definition) is 2. The second-order valence-electron chi connectivity index (χ2n) is 1.97. The van der Waals surface area contributed by atoms with Gasteiger partial charge in [-0.15, -0.1) is 0 Å². The molecule has 0 unspecified atom stereocenters. The average molecular weight is 137 g/mol. The van der Waals surface area contributed by atoms with E-state index in [2.05, 4.69) is 21.9 Å². The molecule has 54 valence electrons. The second kappa shape index (κ2) is 3.71. The van der Waals surface area contributed by atoms with Gasteiger partial charge in [-0.25, -0.2) is 4.98 Å². The predicted octanol–water partition coefficient (Wildman–Crippen LogP) is 0.685. The molecule has 3 nitrogen and oxygen atoms in total. The summed E-state index contributed by atoms with van der Waals surface area (Å²) in [6.07, 6.45) is 6.20. The summed E-state index contributed by atoms with van der Waals surface area (Å²) < 4.78 is 0. The lowest BCUT2D eigenvalue weighted by Gasteiger charge is -1.94. The van der Waals surface area contributed by atoms with Gasteiger partial charge in [-0.1, -0.05) is 6.58 Å². The van der Waals surface area contributed by atoms with Crippen LogP contribution in [0.25, 0.3) is 0 Å². The summed E-state index contributed by atoms with van der Waals surface area (Å²) in [7, 11) is 0. The lowest BCUT2D eigenvalue weighted by molar-refractivity contribution is 0.818. The molecule has 0 spiro atoms. The second-order valence-corrected chi connectivity index (χ2v) is 1.97. The van der Waals surface area contributed by atoms with Crippen molar-refractivity contribution in [3.8, 4) is 0 Å². The molecule has 0 bridgehead atoms. The van der Waals surface area contributed by atoms with Crippen LogP contribution in [0, 0.1) is 0 Å². The Bertz CT molecular complexity index is 179. The maximum atomic E-state index is 4.06. The summed E-state index contributed by atoms with van der Waals surface area (Å²) in [6.45, 7) is 4.44. The minimum absolute atomic E-state index is 0.897. The van der Waals surface area contributed by atoms with Gasteiger partial charge >= 0.3 is 0 Å². The maximum Gasteiger partial charge on any atom is 0.0923 e. The van der Waals surface area contributed by atoms with E-state index in [1.165, 1.54) is 0 Å². The van der Waals surface area contributed by atoms with E-state index in [0.717, 1.165) is 18.7 Å². The van der Waals surface area contributed by atoms with Crippen LogP contribution in [0.3, 0.4) is 0 Å². The summed E-state index contributed by atoms with van der Waals surface area (Å²) in [5.74, 6) is 0. The van der Waals surface area contributed by atoms with Crippen molar-refractivity contribution in [3.63, 3.8) is 0 Å². The Labute approximate surface area is 60.2 Å². The molecular formula is C7H11N3. The Kier molecular flexibility index (Phi) is 2.55. The van der Waals surface area contributed by atoms with Crippen molar-refractivity contribution in [2.45, 2.75) is 6.42 Å². The molecule has 0 aromatic carbocycles. The topological polar surface area (TPSA) is 40.7 Å². The number of hydrogen-bond donors (Lipinski definition) is 2. The Morgan fingerprint density at radius 3 is 3.30 bits per heavy atom. The van der Waals surface area contributed by atoms with Crippen LogP contribution in [0.2, 0.25) is 0 Å². The van der Waals surface area contributed by atoms with Crippen LogP contribution in [0.5, 0.6) is 0 Å². The quantitative estimate of drug-likeness (QED) is 0.599. The van der Waals surface area contributed by atoms with Gasteiger partial charge in [0.1, 0.15) is 0 Å². The molecule has 0 atom stereocenters. The molecular weight excluding hydrogens is 126 g/mol. The first-order valence-corrected chi connectivity index (χ1v) is 3.25. The molecule has 1 rings (SSSR count). The van der Waals surface area contributed by atoms with E-state index in [1.54, 1.807) is 12.5 Å². The minimum Gasteiger partial charge on any atom is -0.391 e. The third-order valence-electron chi connectivity index (χ3n) is 1.22. The average Bonchev–Trinajstić information content (AvgIpc) is 2.41. The monoisotopic (exact) mass is 137 g/mol. The molecule has 0 amide bonds. The Morgan fingerprint density at radius 2 is 2.70 bits per heavy atom. The van der Waals surface area contributed by atoms with Gasteiger partial charge in [-0.3, -0.25) is 0 Å². The molecule has 0 saturated carbocycles. The van der Waals surface area contributed by atoms with Crippen LogP contribution in [0.4, 0.5) is 0 Å². The number of H-pyrrole nitrogens is 1. The summed E-state index contributed by atoms with van der Waals surface area (Å²) in [5.41, 5.74) is 1.08. The van der Waals surface area contributed by atoms with E-state index in [1.807, 2.05) is 6.20 Å². The molecule has 0 aliphatic carbocycles. The first-order chi connectivity index (χ1) is 4.93. The van der Waals surface area contributed by atoms with Gasteiger partial charge in [0.15, 0.2) is 0 Å². The number of imidazole rings is 1. The van der Waals surface area contributed by atoms with Crippen molar-refractivity contribution in [2.24, 2.45) is 0 Å². The minimum atomic E-state index is 0.897. The van der Waals surface area contributed by atoms with E-state index < -0.39 is 0 Å². The molecule has 10 heavy (non-hydrogen) atoms. The van der Waals surface area contributed by atoms with Crippen molar-refractivity contribution in [2.75, 3.05) is 6.54 Å². The fourth-order valence-electron chi connectivity index (χ4n) is 0.730. The zero-order chi connectivity index (χ0) is 7.23. The third-order valence-corrected chi connectivity index (χ3v) is 1.22. The van der Waals surface area contributed by atoms with Crippen molar-refractivity contribution in [1.29, 1.82) is 0 Å². The molecule has 1 heterocycles. The molecule has 2 N–H and O–H groups in total. The van der Waals surface area contributed by atoms with E-state index in [0.29, 0.717) is 0 Å². The summed E-state index contributed by atoms with van der Waals surface area (Å²) in [6, 6.07) is 0. The number of nitrogens with one attached hydrogen (secondary N) is 2. The van der Waals surface area contributed by atoms with Crippen LogP contribution >= 0.6 is 0 Å². The highest BCUT2D eigenvalue weighted by Crippen LogP contribution is 1.89. The van der Waals surface area contributed by atoms with Gasteiger partial charge in [-0.05, 0) is 6.20 Å². The molecule has 0 radical (unpaired) electrons. The molecule has 3 heteroatoms. The van der Waals surface area contributed by atoms with E-state index in [9.17, 15) is 0 Å². The van der Waals surface area contributed by atoms with Crippen molar-refractivity contribution >= 4 is 0 Å². The third kappa shape index (κ3) is 1.93. The maximum absolute atomic E-state index is 4.06. The van der Waals surface area contributed by atoms with Crippen molar-refractivity contribution < 1.29 is 0 Å². The van der Waals surface area contributed by atoms with Crippen LogP contribution in [-0.4, -0.2) is 16.5 Å². The van der Waals surface area contributed by atoms with Gasteiger partial charge in [0.25, 0.3) is 0 Å². The molecule has 1 aromatic heterocycles. The summed E-state index contributed by atoms with van der Waals surface area (Å²) in [5, 5.41) is 3.00. The fraction of sp³-hybridized carbons (Fsp3) is 0.286. The van der Waals surface area contributed by atoms with Gasteiger partial charge in [0.2, 0.25) is 0 Å². The van der Waals surface area contributed by atoms with Gasteiger partial charge < -0.3 is 10.3 Å². The Hall–Kier alpha value is -1.25. The zero-order valence-corrected chi connectivity index (χ0v) is 5.80. The van der Waals surface area contributed by atoms with Gasteiger partial charge in [-0.2, -0.15) is 0 Å². The van der Waals surface area contributed by atoms with Crippen molar-refractivity contribution in [3.05, 3.63) is 31.0 Å². The molecule has 0 saturated heterocycles. The highest BCUT2D eigenvalue weighted by Gasteiger charge is 1.90. The largest absolute Gasteiger partial charge is 0.391 e. The molecule has 0 fully saturated rings. The van der Waals surface area contributed by atoms with E-state index in [4.69, 9.17) is 0 Å². The Morgan fingerprint density at radius 1 is 1.80 bits per heavy atom. The summed E-state index contributed by atoms with van der Waals surface area (Å²) >= 11 is 0. The fourth-order valence-corrected chi connectivity index (χ4v) is 0.730. The van der Waals surface area contributed by atoms with Crippen LogP contribution in [-0.2, 0) is 6.42 Å². The molecule has 1 aromatic rings. The lowest BCUT2D eigenvalue weighted by atomic mass is 10.3. The molecule has 0 aliphatic rings. The zero-order valence-electron chi connectivity index (χ0n) is 5.80. The predicted molar refractivity (Wildman–Crippen MR) is 40.5 cm³/mol. The smallest absolute Gasteiger partial charge is 0.0923 e. The summed E-state index contributed by atoms with van der Waals surface area (Å²) in [4.78, 5) is 6.95. The highest BCUT2D eigenvalue weighted by atomic mass is 14.9. The van der Waals surface area contributed by atoms with Crippen LogP contribution in [0.15, 0.2) is 25.3 Å². The SMILES string of the molecule is C=CNCCc1c[nH]cn1. The number of rotatable bonds is 4. The van der Waals surface area contributed by atoms with Gasteiger partial charge in [0.05, 0.1) is 12.0 Å². The van der Waals surface area contributed by atoms with Crippen LogP contribution in [0.1, 0.15) is 5.69 Å². The standard InChI is InChI=1S/C7H11N3/c1-2-8-4-3-7-5-9-6-10-7/h2,5-6,8H,1,3-4H2,(H,9,10). The van der Waals surface area contributed by atoms with Crippen molar-refractivity contribution in [1.82, 2.24) is 15.3 Å². The van der Waals surface area contributed by atoms with E-state index >= 15 is 0 Å². The van der Waals surface area contributed by atoms with Crippen LogP contribution < -0.4 is 5.32 Å². The van der Waals surface area contributed by atoms with Gasteiger partial charge in [0, 0.05) is 19.2 Å². The first-order valence-electron chi connectivity index (χ1n) is 3.25. The highest BCUT2D eigenvalue weighted by molar-refractivity contribution is 4.94. The Balaban J connectivity index is 2.21. The number of aromatic amines is 1. The normalized spacial score (nSPS) is 9.20. The lowest BCUT2D eigenvalue weighted by Crippen LogP contribution is -2.08. The molecule has 0 aliphatic heterocycles. The van der Waals surface area contributed by atoms with E-state index in [-0.39, 0.29) is 0 Å². The number of aromatic nitrogens is 2. The first kappa shape index (κ1) is 6.86. The number of nitrogens with zero attached hydrogens (tertiary/aromatic N) is 1.